The minimum Gasteiger partial charge on any atom is -0.345 e. The van der Waals surface area contributed by atoms with E-state index in [0.29, 0.717) is 0 Å². The smallest absolute Gasteiger partial charge is 0.248 e. The van der Waals surface area contributed by atoms with Gasteiger partial charge in [0.1, 0.15) is 0 Å². The molecule has 36 heavy (non-hydrogen) atoms. The Morgan fingerprint density at radius 2 is 1.14 bits per heavy atom. The Balaban J connectivity index is 1.75. The fraction of sp³-hybridized carbons (Fsp3) is 0.118. The third-order valence-electron chi connectivity index (χ3n) is 8.35. The molecule has 7 rings (SSSR count). The van der Waals surface area contributed by atoms with Gasteiger partial charge in [-0.15, -0.1) is 0 Å². The Morgan fingerprint density at radius 3 is 1.86 bits per heavy atom. The highest BCUT2D eigenvalue weighted by Crippen LogP contribution is 2.43. The van der Waals surface area contributed by atoms with Gasteiger partial charge in [0, 0.05) is 18.4 Å². The van der Waals surface area contributed by atoms with Gasteiger partial charge >= 0.3 is 0 Å². The van der Waals surface area contributed by atoms with Crippen molar-refractivity contribution < 1.29 is 0 Å². The second kappa shape index (κ2) is 7.73. The first kappa shape index (κ1) is 21.3. The van der Waals surface area contributed by atoms with E-state index in [4.69, 9.17) is 0 Å². The van der Waals surface area contributed by atoms with Gasteiger partial charge in [0.05, 0.1) is 0 Å². The summed E-state index contributed by atoms with van der Waals surface area (Å²) in [4.78, 5) is 2.42. The Morgan fingerprint density at radius 1 is 0.556 bits per heavy atom. The van der Waals surface area contributed by atoms with Gasteiger partial charge in [0.15, 0.2) is 0 Å². The van der Waals surface area contributed by atoms with Crippen LogP contribution in [0, 0.1) is 20.8 Å². The zero-order chi connectivity index (χ0) is 24.6. The standard InChI is InChI=1S/C34H28BN/c1-21-17-18-30-31(19-21)36(4)32-20-22(2)23(3)33-28-15-8-7-13-26(28)24-11-5-6-12-25(24)27-14-9-10-16-29(27)35(30)34(32)33/h5-20H,1-4H3. The van der Waals surface area contributed by atoms with Gasteiger partial charge in [-0.2, -0.15) is 0 Å². The lowest BCUT2D eigenvalue weighted by Gasteiger charge is -2.37. The number of aryl methyl sites for hydroxylation is 2. The molecule has 0 saturated carbocycles. The van der Waals surface area contributed by atoms with Crippen molar-refractivity contribution in [3.8, 4) is 33.4 Å². The van der Waals surface area contributed by atoms with Crippen molar-refractivity contribution in [1.82, 2.24) is 0 Å². The van der Waals surface area contributed by atoms with Crippen molar-refractivity contribution in [3.63, 3.8) is 0 Å². The first-order valence-electron chi connectivity index (χ1n) is 12.8. The van der Waals surface area contributed by atoms with Crippen LogP contribution in [0.4, 0.5) is 11.4 Å². The van der Waals surface area contributed by atoms with Crippen molar-refractivity contribution in [2.24, 2.45) is 0 Å². The number of benzene rings is 5. The number of fused-ring (bicyclic) bond motifs is 9. The Kier molecular flexibility index (Phi) is 4.57. The summed E-state index contributed by atoms with van der Waals surface area (Å²) in [6.07, 6.45) is 0. The summed E-state index contributed by atoms with van der Waals surface area (Å²) in [6, 6.07) is 36.4. The van der Waals surface area contributed by atoms with E-state index in [1.165, 1.54) is 77.8 Å². The molecule has 0 saturated heterocycles. The van der Waals surface area contributed by atoms with Crippen LogP contribution in [0.15, 0.2) is 97.1 Å². The number of nitrogens with zero attached hydrogens (tertiary/aromatic N) is 1. The van der Waals surface area contributed by atoms with Crippen LogP contribution in [0.1, 0.15) is 16.7 Å². The fourth-order valence-corrected chi connectivity index (χ4v) is 6.51. The van der Waals surface area contributed by atoms with Gasteiger partial charge in [0.25, 0.3) is 0 Å². The van der Waals surface area contributed by atoms with E-state index in [1.54, 1.807) is 0 Å². The predicted octanol–water partition coefficient (Wildman–Crippen LogP) is 6.52. The molecule has 2 heterocycles. The second-order valence-electron chi connectivity index (χ2n) is 10.4. The Hall–Kier alpha value is -4.04. The summed E-state index contributed by atoms with van der Waals surface area (Å²) in [7, 11) is 2.23. The molecule has 0 bridgehead atoms. The monoisotopic (exact) mass is 461 g/mol. The number of rotatable bonds is 0. The van der Waals surface area contributed by atoms with Crippen molar-refractivity contribution in [2.45, 2.75) is 20.8 Å². The normalized spacial score (nSPS) is 12.9. The van der Waals surface area contributed by atoms with E-state index in [-0.39, 0.29) is 6.71 Å². The van der Waals surface area contributed by atoms with E-state index in [1.807, 2.05) is 0 Å². The molecular formula is C34H28BN. The van der Waals surface area contributed by atoms with Crippen LogP contribution >= 0.6 is 0 Å². The molecule has 5 aromatic carbocycles. The number of anilines is 2. The molecule has 2 aliphatic rings. The molecule has 0 N–H and O–H groups in total. The van der Waals surface area contributed by atoms with E-state index in [2.05, 4.69) is 130 Å². The maximum Gasteiger partial charge on any atom is 0.248 e. The average Bonchev–Trinajstić information content (AvgIpc) is 2.95. The van der Waals surface area contributed by atoms with Crippen molar-refractivity contribution in [2.75, 3.05) is 11.9 Å². The lowest BCUT2D eigenvalue weighted by atomic mass is 9.33. The van der Waals surface area contributed by atoms with Crippen LogP contribution in [-0.4, -0.2) is 13.8 Å². The third kappa shape index (κ3) is 2.85. The molecule has 5 aromatic rings. The molecule has 0 fully saturated rings. The van der Waals surface area contributed by atoms with E-state index in [0.717, 1.165) is 0 Å². The topological polar surface area (TPSA) is 3.24 Å². The van der Waals surface area contributed by atoms with Gasteiger partial charge in [0.2, 0.25) is 6.71 Å². The van der Waals surface area contributed by atoms with Gasteiger partial charge in [-0.1, -0.05) is 90.4 Å². The third-order valence-corrected chi connectivity index (χ3v) is 8.35. The van der Waals surface area contributed by atoms with Gasteiger partial charge in [-0.3, -0.25) is 0 Å². The molecule has 0 atom stereocenters. The molecule has 0 aromatic heterocycles. The molecule has 0 unspecified atom stereocenters. The summed E-state index contributed by atoms with van der Waals surface area (Å²) < 4.78 is 0. The summed E-state index contributed by atoms with van der Waals surface area (Å²) in [5.74, 6) is 0. The maximum absolute atomic E-state index is 2.42. The van der Waals surface area contributed by atoms with Crippen LogP contribution in [0.25, 0.3) is 33.4 Å². The van der Waals surface area contributed by atoms with Crippen molar-refractivity contribution in [3.05, 3.63) is 114 Å². The zero-order valence-corrected chi connectivity index (χ0v) is 21.3. The highest BCUT2D eigenvalue weighted by molar-refractivity contribution is 6.99. The van der Waals surface area contributed by atoms with Crippen LogP contribution < -0.4 is 21.3 Å². The molecule has 1 nitrogen and oxygen atoms in total. The molecule has 172 valence electrons. The summed E-state index contributed by atoms with van der Waals surface area (Å²) in [6.45, 7) is 6.91. The molecule has 0 radical (unpaired) electrons. The summed E-state index contributed by atoms with van der Waals surface area (Å²) >= 11 is 0. The maximum atomic E-state index is 2.42. The predicted molar refractivity (Wildman–Crippen MR) is 156 cm³/mol. The second-order valence-corrected chi connectivity index (χ2v) is 10.4. The summed E-state index contributed by atoms with van der Waals surface area (Å²) in [5.41, 5.74) is 18.7. The molecule has 2 heteroatoms. The van der Waals surface area contributed by atoms with Crippen LogP contribution in [-0.2, 0) is 0 Å². The molecule has 0 amide bonds. The van der Waals surface area contributed by atoms with Gasteiger partial charge in [-0.05, 0) is 93.9 Å². The number of hydrogen-bond donors (Lipinski definition) is 0. The van der Waals surface area contributed by atoms with E-state index in [9.17, 15) is 0 Å². The molecule has 0 spiro atoms. The van der Waals surface area contributed by atoms with Crippen LogP contribution in [0.2, 0.25) is 0 Å². The first-order valence-corrected chi connectivity index (χ1v) is 12.8. The minimum atomic E-state index is 0.150. The quantitative estimate of drug-likeness (QED) is 0.233. The van der Waals surface area contributed by atoms with E-state index >= 15 is 0 Å². The Bertz CT molecular complexity index is 1700. The zero-order valence-electron chi connectivity index (χ0n) is 21.3. The van der Waals surface area contributed by atoms with Crippen molar-refractivity contribution >= 4 is 34.5 Å². The van der Waals surface area contributed by atoms with Crippen LogP contribution in [0.5, 0.6) is 0 Å². The Labute approximate surface area is 214 Å². The first-order chi connectivity index (χ1) is 17.5. The average molecular weight is 461 g/mol. The van der Waals surface area contributed by atoms with Crippen molar-refractivity contribution in [1.29, 1.82) is 0 Å². The number of hydrogen-bond acceptors (Lipinski definition) is 1. The fourth-order valence-electron chi connectivity index (χ4n) is 6.51. The lowest BCUT2D eigenvalue weighted by molar-refractivity contribution is 1.19. The van der Waals surface area contributed by atoms with E-state index < -0.39 is 0 Å². The van der Waals surface area contributed by atoms with Gasteiger partial charge < -0.3 is 4.90 Å². The largest absolute Gasteiger partial charge is 0.345 e. The lowest BCUT2D eigenvalue weighted by Crippen LogP contribution is -2.58. The highest BCUT2D eigenvalue weighted by Gasteiger charge is 2.39. The molecular weight excluding hydrogens is 433 g/mol. The molecule has 2 aliphatic heterocycles. The van der Waals surface area contributed by atoms with Crippen LogP contribution in [0.3, 0.4) is 0 Å². The SMILES string of the molecule is Cc1ccc2c(c1)N(C)c1cc(C)c(C)c3c1B2c1ccccc1-c1ccccc1-c1ccccc1-3. The highest BCUT2D eigenvalue weighted by atomic mass is 15.1. The van der Waals surface area contributed by atoms with Gasteiger partial charge in [-0.25, -0.2) is 0 Å². The summed E-state index contributed by atoms with van der Waals surface area (Å²) in [5, 5.41) is 0. The minimum absolute atomic E-state index is 0.150. The molecule has 0 aliphatic carbocycles.